The average Bonchev–Trinajstić information content (AvgIpc) is 2.11. The number of halogens is 1. The molecular formula is C9H12ClN3O. The van der Waals surface area contributed by atoms with Crippen LogP contribution >= 0.6 is 11.6 Å². The van der Waals surface area contributed by atoms with Crippen molar-refractivity contribution in [2.75, 3.05) is 25.1 Å². The van der Waals surface area contributed by atoms with E-state index in [1.54, 1.807) is 32.3 Å². The van der Waals surface area contributed by atoms with Crippen LogP contribution in [0.25, 0.3) is 0 Å². The summed E-state index contributed by atoms with van der Waals surface area (Å²) >= 11 is 5.86. The number of benzene rings is 1. The van der Waals surface area contributed by atoms with Gasteiger partial charge in [0.1, 0.15) is 0 Å². The van der Waals surface area contributed by atoms with Crippen molar-refractivity contribution < 1.29 is 4.79 Å². The zero-order valence-electron chi connectivity index (χ0n) is 8.04. The Hall–Kier alpha value is -1.42. The first kappa shape index (κ1) is 10.7. The third kappa shape index (κ3) is 2.53. The van der Waals surface area contributed by atoms with Gasteiger partial charge in [-0.3, -0.25) is 0 Å². The molecule has 0 saturated carbocycles. The van der Waals surface area contributed by atoms with E-state index in [-0.39, 0.29) is 6.03 Å². The maximum absolute atomic E-state index is 11.3. The number of amides is 2. The summed E-state index contributed by atoms with van der Waals surface area (Å²) in [5, 5.41) is 3.09. The Morgan fingerprint density at radius 2 is 2.14 bits per heavy atom. The van der Waals surface area contributed by atoms with Crippen molar-refractivity contribution in [3.8, 4) is 0 Å². The predicted octanol–water partition coefficient (Wildman–Crippen LogP) is 2.02. The van der Waals surface area contributed by atoms with Gasteiger partial charge in [0.25, 0.3) is 0 Å². The van der Waals surface area contributed by atoms with Gasteiger partial charge in [-0.05, 0) is 18.2 Å². The highest BCUT2D eigenvalue weighted by atomic mass is 35.5. The first-order valence-electron chi connectivity index (χ1n) is 4.04. The molecule has 76 valence electrons. The molecule has 2 amide bonds. The van der Waals surface area contributed by atoms with Crippen LogP contribution < -0.4 is 11.1 Å². The van der Waals surface area contributed by atoms with Crippen LogP contribution in [-0.4, -0.2) is 25.0 Å². The Balaban J connectivity index is 2.86. The molecule has 0 bridgehead atoms. The molecule has 1 aromatic rings. The molecule has 0 spiro atoms. The molecule has 4 nitrogen and oxygen atoms in total. The molecule has 1 rings (SSSR count). The number of nitrogen functional groups attached to an aromatic ring is 1. The molecule has 0 aliphatic rings. The Morgan fingerprint density at radius 1 is 1.50 bits per heavy atom. The summed E-state index contributed by atoms with van der Waals surface area (Å²) < 4.78 is 0. The number of hydrogen-bond acceptors (Lipinski definition) is 2. The van der Waals surface area contributed by atoms with Gasteiger partial charge in [0, 0.05) is 19.8 Å². The third-order valence-corrected chi connectivity index (χ3v) is 1.97. The lowest BCUT2D eigenvalue weighted by Crippen LogP contribution is -2.27. The fourth-order valence-electron chi connectivity index (χ4n) is 0.866. The predicted molar refractivity (Wildman–Crippen MR) is 58.6 cm³/mol. The van der Waals surface area contributed by atoms with Crippen LogP contribution in [0, 0.1) is 0 Å². The van der Waals surface area contributed by atoms with Crippen LogP contribution in [0.1, 0.15) is 0 Å². The van der Waals surface area contributed by atoms with Gasteiger partial charge in [-0.15, -0.1) is 0 Å². The van der Waals surface area contributed by atoms with Gasteiger partial charge in [0.05, 0.1) is 10.7 Å². The van der Waals surface area contributed by atoms with E-state index in [9.17, 15) is 4.79 Å². The van der Waals surface area contributed by atoms with E-state index in [1.165, 1.54) is 4.90 Å². The summed E-state index contributed by atoms with van der Waals surface area (Å²) in [6.45, 7) is 0. The molecule has 5 heteroatoms. The van der Waals surface area contributed by atoms with Crippen LogP contribution in [0.4, 0.5) is 16.2 Å². The molecule has 3 N–H and O–H groups in total. The number of nitrogens with zero attached hydrogens (tertiary/aromatic N) is 1. The van der Waals surface area contributed by atoms with Gasteiger partial charge >= 0.3 is 6.03 Å². The molecule has 14 heavy (non-hydrogen) atoms. The van der Waals surface area contributed by atoms with Gasteiger partial charge in [0.2, 0.25) is 0 Å². The van der Waals surface area contributed by atoms with Crippen molar-refractivity contribution in [3.63, 3.8) is 0 Å². The molecule has 0 atom stereocenters. The number of nitrogens with one attached hydrogen (secondary N) is 1. The Labute approximate surface area is 87.6 Å². The van der Waals surface area contributed by atoms with Crippen LogP contribution in [0.15, 0.2) is 18.2 Å². The molecule has 0 aliphatic carbocycles. The van der Waals surface area contributed by atoms with Crippen molar-refractivity contribution in [1.29, 1.82) is 0 Å². The second-order valence-corrected chi connectivity index (χ2v) is 3.47. The first-order chi connectivity index (χ1) is 6.50. The third-order valence-electron chi connectivity index (χ3n) is 1.64. The van der Waals surface area contributed by atoms with Gasteiger partial charge in [-0.25, -0.2) is 4.79 Å². The summed E-state index contributed by atoms with van der Waals surface area (Å²) in [4.78, 5) is 12.7. The smallest absolute Gasteiger partial charge is 0.321 e. The maximum atomic E-state index is 11.3. The molecule has 1 aromatic carbocycles. The maximum Gasteiger partial charge on any atom is 0.321 e. The highest BCUT2D eigenvalue weighted by molar-refractivity contribution is 6.33. The monoisotopic (exact) mass is 213 g/mol. The molecular weight excluding hydrogens is 202 g/mol. The second kappa shape index (κ2) is 4.19. The van der Waals surface area contributed by atoms with Crippen LogP contribution in [-0.2, 0) is 0 Å². The topological polar surface area (TPSA) is 58.4 Å². The molecule has 0 saturated heterocycles. The number of nitrogens with two attached hydrogens (primary N) is 1. The lowest BCUT2D eigenvalue weighted by Gasteiger charge is -2.13. The Kier molecular flexibility index (Phi) is 3.19. The minimum Gasteiger partial charge on any atom is -0.399 e. The zero-order chi connectivity index (χ0) is 10.7. The summed E-state index contributed by atoms with van der Waals surface area (Å²) in [5.74, 6) is 0. The van der Waals surface area contributed by atoms with Crippen molar-refractivity contribution >= 4 is 29.0 Å². The molecule has 0 aromatic heterocycles. The van der Waals surface area contributed by atoms with Crippen molar-refractivity contribution in [1.82, 2.24) is 4.90 Å². The van der Waals surface area contributed by atoms with E-state index in [1.807, 2.05) is 0 Å². The first-order valence-corrected chi connectivity index (χ1v) is 4.42. The van der Waals surface area contributed by atoms with E-state index in [2.05, 4.69) is 5.32 Å². The minimum atomic E-state index is -0.238. The number of carbonyl (C=O) groups excluding carboxylic acids is 1. The average molecular weight is 214 g/mol. The van der Waals surface area contributed by atoms with Gasteiger partial charge in [-0.2, -0.15) is 0 Å². The quantitative estimate of drug-likeness (QED) is 0.702. The molecule has 0 heterocycles. The lowest BCUT2D eigenvalue weighted by atomic mass is 10.3. The van der Waals surface area contributed by atoms with Crippen molar-refractivity contribution in [3.05, 3.63) is 23.2 Å². The standard InChI is InChI=1S/C9H12ClN3O/c1-13(2)9(14)12-8-5-6(11)3-4-7(8)10/h3-5H,11H2,1-2H3,(H,12,14). The number of carbonyl (C=O) groups is 1. The van der Waals surface area contributed by atoms with Crippen LogP contribution in [0.2, 0.25) is 5.02 Å². The molecule has 0 radical (unpaired) electrons. The van der Waals surface area contributed by atoms with E-state index in [0.29, 0.717) is 16.4 Å². The minimum absolute atomic E-state index is 0.238. The fraction of sp³-hybridized carbons (Fsp3) is 0.222. The number of rotatable bonds is 1. The highest BCUT2D eigenvalue weighted by Crippen LogP contribution is 2.24. The SMILES string of the molecule is CN(C)C(=O)Nc1cc(N)ccc1Cl. The van der Waals surface area contributed by atoms with E-state index in [0.717, 1.165) is 0 Å². The van der Waals surface area contributed by atoms with Crippen LogP contribution in [0.5, 0.6) is 0 Å². The normalized spacial score (nSPS) is 9.64. The largest absolute Gasteiger partial charge is 0.399 e. The number of hydrogen-bond donors (Lipinski definition) is 2. The molecule has 0 aliphatic heterocycles. The summed E-state index contributed by atoms with van der Waals surface area (Å²) in [6.07, 6.45) is 0. The Morgan fingerprint density at radius 3 is 2.71 bits per heavy atom. The summed E-state index contributed by atoms with van der Waals surface area (Å²) in [7, 11) is 3.30. The fourth-order valence-corrected chi connectivity index (χ4v) is 1.03. The molecule has 0 unspecified atom stereocenters. The number of anilines is 2. The van der Waals surface area contributed by atoms with E-state index >= 15 is 0 Å². The van der Waals surface area contributed by atoms with Gasteiger partial charge in [-0.1, -0.05) is 11.6 Å². The lowest BCUT2D eigenvalue weighted by molar-refractivity contribution is 0.230. The van der Waals surface area contributed by atoms with Gasteiger partial charge in [0.15, 0.2) is 0 Å². The second-order valence-electron chi connectivity index (χ2n) is 3.06. The van der Waals surface area contributed by atoms with Crippen LogP contribution in [0.3, 0.4) is 0 Å². The summed E-state index contributed by atoms with van der Waals surface area (Å²) in [5.41, 5.74) is 6.63. The van der Waals surface area contributed by atoms with Crippen molar-refractivity contribution in [2.45, 2.75) is 0 Å². The van der Waals surface area contributed by atoms with Crippen molar-refractivity contribution in [2.24, 2.45) is 0 Å². The Bertz CT molecular complexity index is 352. The number of urea groups is 1. The summed E-state index contributed by atoms with van der Waals surface area (Å²) in [6, 6.07) is 4.69. The zero-order valence-corrected chi connectivity index (χ0v) is 8.80. The molecule has 0 fully saturated rings. The van der Waals surface area contributed by atoms with E-state index < -0.39 is 0 Å². The van der Waals surface area contributed by atoms with Gasteiger partial charge < -0.3 is 16.0 Å². The van der Waals surface area contributed by atoms with E-state index in [4.69, 9.17) is 17.3 Å². The highest BCUT2D eigenvalue weighted by Gasteiger charge is 2.06.